The van der Waals surface area contributed by atoms with Crippen molar-refractivity contribution in [1.29, 1.82) is 0 Å². The highest BCUT2D eigenvalue weighted by atomic mass is 35.5. The first-order valence-electron chi connectivity index (χ1n) is 5.57. The minimum absolute atomic E-state index is 0.305. The Labute approximate surface area is 115 Å². The van der Waals surface area contributed by atoms with Gasteiger partial charge in [0.2, 0.25) is 11.8 Å². The van der Waals surface area contributed by atoms with Crippen molar-refractivity contribution >= 4 is 11.6 Å². The Balaban J connectivity index is 2.43. The molecule has 2 rings (SSSR count). The number of methoxy groups -OCH3 is 2. The van der Waals surface area contributed by atoms with Crippen LogP contribution in [0.5, 0.6) is 11.8 Å². The molecule has 0 saturated carbocycles. The number of rotatable bonds is 5. The Morgan fingerprint density at radius 2 is 2.11 bits per heavy atom. The molecule has 0 aliphatic carbocycles. The van der Waals surface area contributed by atoms with E-state index in [0.717, 1.165) is 0 Å². The average molecular weight is 284 g/mol. The predicted molar refractivity (Wildman–Crippen MR) is 69.8 cm³/mol. The number of hydrogen-bond donors (Lipinski definition) is 1. The lowest BCUT2D eigenvalue weighted by Crippen LogP contribution is -2.19. The molecule has 2 aromatic heterocycles. The monoisotopic (exact) mass is 283 g/mol. The van der Waals surface area contributed by atoms with E-state index in [9.17, 15) is 0 Å². The fourth-order valence-electron chi connectivity index (χ4n) is 1.71. The highest BCUT2D eigenvalue weighted by Gasteiger charge is 2.23. The zero-order valence-electron chi connectivity index (χ0n) is 10.8. The molecule has 0 aliphatic heterocycles. The second-order valence-electron chi connectivity index (χ2n) is 3.67. The summed E-state index contributed by atoms with van der Waals surface area (Å²) in [6.45, 7) is 0. The third-order valence-electron chi connectivity index (χ3n) is 2.59. The third kappa shape index (κ3) is 2.80. The lowest BCUT2D eigenvalue weighted by atomic mass is 10.1. The molecule has 1 atom stereocenters. The highest BCUT2D eigenvalue weighted by Crippen LogP contribution is 2.30. The largest absolute Gasteiger partial charge is 0.480 e. The summed E-state index contributed by atoms with van der Waals surface area (Å²) in [6.07, 6.45) is 1.52. The zero-order valence-corrected chi connectivity index (χ0v) is 11.6. The Kier molecular flexibility index (Phi) is 4.24. The van der Waals surface area contributed by atoms with E-state index in [4.69, 9.17) is 25.5 Å². The van der Waals surface area contributed by atoms with E-state index in [1.165, 1.54) is 20.4 Å². The lowest BCUT2D eigenvalue weighted by molar-refractivity contribution is 0.349. The molecule has 0 bridgehead atoms. The Morgan fingerprint density at radius 1 is 1.32 bits per heavy atom. The van der Waals surface area contributed by atoms with Crippen molar-refractivity contribution in [3.05, 3.63) is 35.0 Å². The number of aromatic nitrogens is 2. The van der Waals surface area contributed by atoms with E-state index in [1.807, 2.05) is 0 Å². The first-order valence-corrected chi connectivity index (χ1v) is 5.94. The SMILES string of the molecule is CNC(c1ccc(Cl)o1)c1ncc(OC)nc1OC. The summed E-state index contributed by atoms with van der Waals surface area (Å²) in [5.74, 6) is 1.38. The molecule has 0 aromatic carbocycles. The molecule has 2 heterocycles. The van der Waals surface area contributed by atoms with E-state index >= 15 is 0 Å². The Bertz CT molecular complexity index is 559. The highest BCUT2D eigenvalue weighted by molar-refractivity contribution is 6.28. The maximum atomic E-state index is 5.79. The predicted octanol–water partition coefficient (Wildman–Crippen LogP) is 2.05. The van der Waals surface area contributed by atoms with Crippen LogP contribution in [0.15, 0.2) is 22.7 Å². The lowest BCUT2D eigenvalue weighted by Gasteiger charge is -2.15. The van der Waals surface area contributed by atoms with Gasteiger partial charge in [0.1, 0.15) is 17.5 Å². The second-order valence-corrected chi connectivity index (χ2v) is 4.04. The van der Waals surface area contributed by atoms with E-state index in [2.05, 4.69) is 15.3 Å². The fraction of sp³-hybridized carbons (Fsp3) is 0.333. The van der Waals surface area contributed by atoms with Crippen LogP contribution >= 0.6 is 11.6 Å². The second kappa shape index (κ2) is 5.90. The molecule has 2 aromatic rings. The first-order chi connectivity index (χ1) is 9.19. The molecule has 6 nitrogen and oxygen atoms in total. The molecule has 102 valence electrons. The van der Waals surface area contributed by atoms with Gasteiger partial charge in [0.15, 0.2) is 5.22 Å². The molecule has 0 radical (unpaired) electrons. The van der Waals surface area contributed by atoms with E-state index < -0.39 is 0 Å². The molecular formula is C12H14ClN3O3. The summed E-state index contributed by atoms with van der Waals surface area (Å²) in [6, 6.07) is 3.14. The van der Waals surface area contributed by atoms with Crippen LogP contribution in [0.4, 0.5) is 0 Å². The summed E-state index contributed by atoms with van der Waals surface area (Å²) in [7, 11) is 4.83. The van der Waals surface area contributed by atoms with Gasteiger partial charge in [-0.15, -0.1) is 0 Å². The smallest absolute Gasteiger partial charge is 0.240 e. The summed E-state index contributed by atoms with van der Waals surface area (Å²) >= 11 is 5.79. The fourth-order valence-corrected chi connectivity index (χ4v) is 1.86. The van der Waals surface area contributed by atoms with Gasteiger partial charge in [0, 0.05) is 0 Å². The summed E-state index contributed by atoms with van der Waals surface area (Å²) < 4.78 is 15.6. The van der Waals surface area contributed by atoms with Gasteiger partial charge in [-0.3, -0.25) is 0 Å². The van der Waals surface area contributed by atoms with Gasteiger partial charge >= 0.3 is 0 Å². The van der Waals surface area contributed by atoms with Crippen molar-refractivity contribution in [2.75, 3.05) is 21.3 Å². The molecule has 1 unspecified atom stereocenters. The van der Waals surface area contributed by atoms with Crippen LogP contribution in [0.1, 0.15) is 17.5 Å². The first kappa shape index (κ1) is 13.6. The quantitative estimate of drug-likeness (QED) is 0.906. The van der Waals surface area contributed by atoms with Crippen molar-refractivity contribution in [3.8, 4) is 11.8 Å². The molecule has 19 heavy (non-hydrogen) atoms. The summed E-state index contributed by atoms with van der Waals surface area (Å²) in [4.78, 5) is 8.49. The van der Waals surface area contributed by atoms with Crippen LogP contribution in [0.25, 0.3) is 0 Å². The summed E-state index contributed by atoms with van der Waals surface area (Å²) in [5, 5.41) is 3.40. The van der Waals surface area contributed by atoms with Crippen LogP contribution < -0.4 is 14.8 Å². The Hall–Kier alpha value is -1.79. The third-order valence-corrected chi connectivity index (χ3v) is 2.79. The normalized spacial score (nSPS) is 12.2. The zero-order chi connectivity index (χ0) is 13.8. The van der Waals surface area contributed by atoms with Crippen molar-refractivity contribution in [2.45, 2.75) is 6.04 Å². The minimum atomic E-state index is -0.305. The van der Waals surface area contributed by atoms with Crippen LogP contribution in [-0.4, -0.2) is 31.2 Å². The van der Waals surface area contributed by atoms with Gasteiger partial charge in [-0.2, -0.15) is 4.98 Å². The average Bonchev–Trinajstić information content (AvgIpc) is 2.86. The van der Waals surface area contributed by atoms with Crippen molar-refractivity contribution < 1.29 is 13.9 Å². The number of furan rings is 1. The van der Waals surface area contributed by atoms with Gasteiger partial charge in [0.05, 0.1) is 20.4 Å². The number of halogens is 1. The molecule has 0 fully saturated rings. The summed E-state index contributed by atoms with van der Waals surface area (Å²) in [5.41, 5.74) is 0.594. The van der Waals surface area contributed by atoms with E-state index in [1.54, 1.807) is 19.2 Å². The van der Waals surface area contributed by atoms with Gasteiger partial charge in [-0.1, -0.05) is 0 Å². The van der Waals surface area contributed by atoms with Crippen molar-refractivity contribution in [3.63, 3.8) is 0 Å². The van der Waals surface area contributed by atoms with Gasteiger partial charge in [-0.25, -0.2) is 4.98 Å². The molecule has 0 saturated heterocycles. The van der Waals surface area contributed by atoms with Gasteiger partial charge in [0.25, 0.3) is 0 Å². The molecule has 0 spiro atoms. The molecule has 0 aliphatic rings. The van der Waals surface area contributed by atoms with Gasteiger partial charge in [-0.05, 0) is 30.8 Å². The molecular weight excluding hydrogens is 270 g/mol. The van der Waals surface area contributed by atoms with Gasteiger partial charge < -0.3 is 19.2 Å². The number of ether oxygens (including phenoxy) is 2. The van der Waals surface area contributed by atoms with Crippen molar-refractivity contribution in [1.82, 2.24) is 15.3 Å². The molecule has 1 N–H and O–H groups in total. The van der Waals surface area contributed by atoms with E-state index in [0.29, 0.717) is 28.4 Å². The molecule has 7 heteroatoms. The number of nitrogens with zero attached hydrogens (tertiary/aromatic N) is 2. The maximum absolute atomic E-state index is 5.79. The van der Waals surface area contributed by atoms with Crippen molar-refractivity contribution in [2.24, 2.45) is 0 Å². The Morgan fingerprint density at radius 3 is 2.63 bits per heavy atom. The van der Waals surface area contributed by atoms with Crippen LogP contribution in [0.2, 0.25) is 5.22 Å². The number of nitrogens with one attached hydrogen (secondary N) is 1. The van der Waals surface area contributed by atoms with Crippen LogP contribution in [0.3, 0.4) is 0 Å². The van der Waals surface area contributed by atoms with Crippen LogP contribution in [-0.2, 0) is 0 Å². The standard InChI is InChI=1S/C12H14ClN3O3/c1-14-10(7-4-5-8(13)19-7)11-12(18-3)16-9(17-2)6-15-11/h4-6,10,14H,1-3H3. The maximum Gasteiger partial charge on any atom is 0.240 e. The van der Waals surface area contributed by atoms with E-state index in [-0.39, 0.29) is 6.04 Å². The number of hydrogen-bond acceptors (Lipinski definition) is 6. The minimum Gasteiger partial charge on any atom is -0.480 e. The van der Waals surface area contributed by atoms with Crippen LogP contribution in [0, 0.1) is 0 Å². The topological polar surface area (TPSA) is 69.4 Å². The molecule has 0 amide bonds.